The van der Waals surface area contributed by atoms with Crippen molar-refractivity contribution in [3.8, 4) is 11.4 Å². The Morgan fingerprint density at radius 3 is 2.81 bits per heavy atom. The Hall–Kier alpha value is -3.56. The summed E-state index contributed by atoms with van der Waals surface area (Å²) < 4.78 is 1.95. The molecule has 2 N–H and O–H groups in total. The molecular weight excluding hydrogens is 398 g/mol. The van der Waals surface area contributed by atoms with Gasteiger partial charge in [-0.2, -0.15) is 5.10 Å². The summed E-state index contributed by atoms with van der Waals surface area (Å²) in [5.74, 6) is 1.87. The first-order chi connectivity index (χ1) is 15.0. The fourth-order valence-corrected chi connectivity index (χ4v) is 3.71. The molecule has 0 saturated heterocycles. The van der Waals surface area contributed by atoms with Gasteiger partial charge < -0.3 is 15.0 Å². The number of aromatic nitrogens is 6. The van der Waals surface area contributed by atoms with E-state index in [1.165, 1.54) is 0 Å². The van der Waals surface area contributed by atoms with Gasteiger partial charge in [0.1, 0.15) is 0 Å². The van der Waals surface area contributed by atoms with E-state index in [2.05, 4.69) is 33.9 Å². The van der Waals surface area contributed by atoms with E-state index in [0.29, 0.717) is 25.3 Å². The molecule has 3 aromatic rings. The summed E-state index contributed by atoms with van der Waals surface area (Å²) in [6, 6.07) is 3.74. The van der Waals surface area contributed by atoms with E-state index in [1.807, 2.05) is 28.6 Å². The van der Waals surface area contributed by atoms with Crippen LogP contribution >= 0.6 is 0 Å². The van der Waals surface area contributed by atoms with Crippen LogP contribution in [0.15, 0.2) is 30.9 Å². The maximum absolute atomic E-state index is 13.1. The molecule has 0 unspecified atom stereocenters. The SMILES string of the molecule is CC[C@H](C)[C@H]1c2nc(-c3cccnc3)nn2CCN1C(=O)Cc1nc[nH]c1C.O=CO. The molecule has 1 aliphatic heterocycles. The van der Waals surface area contributed by atoms with Crippen LogP contribution < -0.4 is 0 Å². The van der Waals surface area contributed by atoms with Crippen LogP contribution in [0.25, 0.3) is 11.4 Å². The minimum atomic E-state index is -0.250. The molecular formula is C21H27N7O3. The van der Waals surface area contributed by atoms with Crippen LogP contribution in [-0.4, -0.2) is 58.6 Å². The van der Waals surface area contributed by atoms with Crippen LogP contribution in [0, 0.1) is 12.8 Å². The fraction of sp³-hybridized carbons (Fsp3) is 0.429. The molecule has 1 amide bonds. The first kappa shape index (κ1) is 22.1. The van der Waals surface area contributed by atoms with Crippen molar-refractivity contribution in [2.45, 2.75) is 46.2 Å². The molecule has 0 aromatic carbocycles. The first-order valence-electron chi connectivity index (χ1n) is 10.2. The van der Waals surface area contributed by atoms with E-state index < -0.39 is 0 Å². The summed E-state index contributed by atoms with van der Waals surface area (Å²) in [4.78, 5) is 39.8. The molecule has 0 saturated carbocycles. The minimum Gasteiger partial charge on any atom is -0.483 e. The monoisotopic (exact) mass is 425 g/mol. The van der Waals surface area contributed by atoms with Gasteiger partial charge in [-0.3, -0.25) is 14.6 Å². The summed E-state index contributed by atoms with van der Waals surface area (Å²) in [5, 5.41) is 11.6. The summed E-state index contributed by atoms with van der Waals surface area (Å²) in [6.45, 7) is 7.26. The Kier molecular flexibility index (Phi) is 7.11. The number of carbonyl (C=O) groups excluding carboxylic acids is 1. The Morgan fingerprint density at radius 1 is 1.42 bits per heavy atom. The Bertz CT molecular complexity index is 1020. The average molecular weight is 425 g/mol. The summed E-state index contributed by atoms with van der Waals surface area (Å²) >= 11 is 0. The molecule has 2 atom stereocenters. The van der Waals surface area contributed by atoms with Crippen LogP contribution in [0.4, 0.5) is 0 Å². The largest absolute Gasteiger partial charge is 0.483 e. The second kappa shape index (κ2) is 9.96. The van der Waals surface area contributed by atoms with E-state index in [0.717, 1.165) is 29.2 Å². The van der Waals surface area contributed by atoms with Gasteiger partial charge in [-0.25, -0.2) is 14.6 Å². The number of carbonyl (C=O) groups is 2. The van der Waals surface area contributed by atoms with Crippen LogP contribution in [0.5, 0.6) is 0 Å². The molecule has 0 fully saturated rings. The zero-order valence-corrected chi connectivity index (χ0v) is 17.9. The van der Waals surface area contributed by atoms with Crippen molar-refractivity contribution < 1.29 is 14.7 Å². The van der Waals surface area contributed by atoms with Crippen LogP contribution in [0.1, 0.15) is 43.5 Å². The third-order valence-electron chi connectivity index (χ3n) is 5.53. The number of fused-ring (bicyclic) bond motifs is 1. The minimum absolute atomic E-state index is 0.0812. The second-order valence-electron chi connectivity index (χ2n) is 7.43. The molecule has 10 heteroatoms. The number of nitrogens with one attached hydrogen (secondary N) is 1. The highest BCUT2D eigenvalue weighted by atomic mass is 16.3. The number of pyridine rings is 1. The van der Waals surface area contributed by atoms with Gasteiger partial charge in [0.25, 0.3) is 6.47 Å². The zero-order chi connectivity index (χ0) is 22.4. The van der Waals surface area contributed by atoms with E-state index in [4.69, 9.17) is 14.9 Å². The third kappa shape index (κ3) is 4.79. The number of H-pyrrole nitrogens is 1. The van der Waals surface area contributed by atoms with Crippen molar-refractivity contribution in [1.29, 1.82) is 0 Å². The molecule has 0 aliphatic carbocycles. The number of imidazole rings is 1. The van der Waals surface area contributed by atoms with E-state index >= 15 is 0 Å². The zero-order valence-electron chi connectivity index (χ0n) is 17.9. The first-order valence-corrected chi connectivity index (χ1v) is 10.2. The molecule has 1 aliphatic rings. The summed E-state index contributed by atoms with van der Waals surface area (Å²) in [7, 11) is 0. The summed E-state index contributed by atoms with van der Waals surface area (Å²) in [6.07, 6.45) is 6.38. The Morgan fingerprint density at radius 2 is 2.19 bits per heavy atom. The smallest absolute Gasteiger partial charge is 0.290 e. The van der Waals surface area contributed by atoms with Crippen molar-refractivity contribution in [2.24, 2.45) is 5.92 Å². The molecule has 0 bridgehead atoms. The molecule has 31 heavy (non-hydrogen) atoms. The van der Waals surface area contributed by atoms with Gasteiger partial charge in [-0.1, -0.05) is 20.3 Å². The Balaban J connectivity index is 0.000000858. The normalized spacial score (nSPS) is 16.1. The molecule has 4 rings (SSSR count). The molecule has 164 valence electrons. The highest BCUT2D eigenvalue weighted by molar-refractivity contribution is 5.79. The molecule has 4 heterocycles. The average Bonchev–Trinajstić information content (AvgIpc) is 3.39. The lowest BCUT2D eigenvalue weighted by atomic mass is 9.95. The number of carboxylic acid groups (broad SMARTS) is 1. The highest BCUT2D eigenvalue weighted by Crippen LogP contribution is 2.34. The van der Waals surface area contributed by atoms with E-state index in [1.54, 1.807) is 18.7 Å². The van der Waals surface area contributed by atoms with Gasteiger partial charge in [0.05, 0.1) is 31.0 Å². The number of aromatic amines is 1. The van der Waals surface area contributed by atoms with Crippen LogP contribution in [0.3, 0.4) is 0 Å². The molecule has 0 spiro atoms. The number of nitrogens with zero attached hydrogens (tertiary/aromatic N) is 6. The maximum Gasteiger partial charge on any atom is 0.290 e. The predicted molar refractivity (Wildman–Crippen MR) is 113 cm³/mol. The Labute approximate surface area is 180 Å². The standard InChI is InChI=1S/C20H25N7O.CH2O2/c1-4-13(2)18-20-24-19(15-6-5-7-21-11-15)25-27(20)9-8-26(18)17(28)10-16-14(3)22-12-23-16;2-1-3/h5-7,11-13,18H,4,8-10H2,1-3H3,(H,22,23);1H,(H,2,3)/t13-,18-;/m0./s1. The lowest BCUT2D eigenvalue weighted by Crippen LogP contribution is -2.45. The number of hydrogen-bond acceptors (Lipinski definition) is 6. The predicted octanol–water partition coefficient (Wildman–Crippen LogP) is 2.24. The summed E-state index contributed by atoms with van der Waals surface area (Å²) in [5.41, 5.74) is 2.63. The molecule has 3 aromatic heterocycles. The van der Waals surface area contributed by atoms with E-state index in [-0.39, 0.29) is 24.3 Å². The number of amides is 1. The fourth-order valence-electron chi connectivity index (χ4n) is 3.71. The maximum atomic E-state index is 13.1. The lowest BCUT2D eigenvalue weighted by molar-refractivity contribution is -0.135. The number of hydrogen-bond donors (Lipinski definition) is 2. The quantitative estimate of drug-likeness (QED) is 0.600. The van der Waals surface area contributed by atoms with Crippen LogP contribution in [0.2, 0.25) is 0 Å². The molecule has 10 nitrogen and oxygen atoms in total. The van der Waals surface area contributed by atoms with E-state index in [9.17, 15) is 4.79 Å². The van der Waals surface area contributed by atoms with Gasteiger partial charge in [0.2, 0.25) is 5.91 Å². The number of rotatable bonds is 5. The third-order valence-corrected chi connectivity index (χ3v) is 5.53. The van der Waals surface area contributed by atoms with Crippen molar-refractivity contribution >= 4 is 12.4 Å². The van der Waals surface area contributed by atoms with Crippen molar-refractivity contribution in [1.82, 2.24) is 34.6 Å². The second-order valence-corrected chi connectivity index (χ2v) is 7.43. The lowest BCUT2D eigenvalue weighted by Gasteiger charge is -2.38. The number of aryl methyl sites for hydroxylation is 1. The molecule has 0 radical (unpaired) electrons. The highest BCUT2D eigenvalue weighted by Gasteiger charge is 2.37. The van der Waals surface area contributed by atoms with Crippen molar-refractivity contribution in [3.05, 3.63) is 48.1 Å². The van der Waals surface area contributed by atoms with Crippen molar-refractivity contribution in [3.63, 3.8) is 0 Å². The van der Waals surface area contributed by atoms with Gasteiger partial charge in [-0.05, 0) is 25.0 Å². The van der Waals surface area contributed by atoms with Gasteiger partial charge >= 0.3 is 0 Å². The van der Waals surface area contributed by atoms with Gasteiger partial charge in [-0.15, -0.1) is 0 Å². The van der Waals surface area contributed by atoms with Crippen molar-refractivity contribution in [2.75, 3.05) is 6.54 Å². The topological polar surface area (TPSA) is 130 Å². The van der Waals surface area contributed by atoms with Crippen LogP contribution in [-0.2, 0) is 22.6 Å². The van der Waals surface area contributed by atoms with Gasteiger partial charge in [0.15, 0.2) is 11.6 Å². The van der Waals surface area contributed by atoms with Gasteiger partial charge in [0, 0.05) is 30.2 Å².